The summed E-state index contributed by atoms with van der Waals surface area (Å²) in [7, 11) is 0. The van der Waals surface area contributed by atoms with Crippen LogP contribution in [0.15, 0.2) is 91.6 Å². The van der Waals surface area contributed by atoms with E-state index in [1.807, 2.05) is 48.5 Å². The van der Waals surface area contributed by atoms with Gasteiger partial charge in [-0.2, -0.15) is 26.3 Å². The zero-order valence-corrected chi connectivity index (χ0v) is 25.9. The van der Waals surface area contributed by atoms with Crippen LogP contribution >= 0.6 is 12.2 Å². The van der Waals surface area contributed by atoms with E-state index in [9.17, 15) is 26.3 Å². The molecule has 3 aliphatic rings. The van der Waals surface area contributed by atoms with Crippen LogP contribution in [-0.4, -0.2) is 34.1 Å². The summed E-state index contributed by atoms with van der Waals surface area (Å²) in [6, 6.07) is 18.5. The van der Waals surface area contributed by atoms with Gasteiger partial charge < -0.3 is 15.4 Å². The van der Waals surface area contributed by atoms with Crippen molar-refractivity contribution in [3.8, 4) is 0 Å². The number of aromatic nitrogens is 1. The molecule has 0 spiro atoms. The number of hydrogen-bond donors (Lipinski definition) is 2. The van der Waals surface area contributed by atoms with E-state index in [4.69, 9.17) is 17.0 Å². The maximum absolute atomic E-state index is 13.4. The summed E-state index contributed by atoms with van der Waals surface area (Å²) in [5.41, 5.74) is -0.174. The lowest BCUT2D eigenvalue weighted by Gasteiger charge is -2.51. The smallest absolute Gasteiger partial charge is 0.367 e. The van der Waals surface area contributed by atoms with Crippen molar-refractivity contribution in [3.05, 3.63) is 114 Å². The third kappa shape index (κ3) is 7.45. The Hall–Kier alpha value is -4.00. The summed E-state index contributed by atoms with van der Waals surface area (Å²) < 4.78 is 87.0. The van der Waals surface area contributed by atoms with Gasteiger partial charge in [-0.15, -0.1) is 6.58 Å². The lowest BCUT2D eigenvalue weighted by atomic mass is 9.73. The van der Waals surface area contributed by atoms with Crippen LogP contribution < -0.4 is 10.6 Å². The van der Waals surface area contributed by atoms with Crippen molar-refractivity contribution < 1.29 is 31.1 Å². The fraction of sp³-hybridized carbons (Fsp3) is 0.314. The Morgan fingerprint density at radius 2 is 1.66 bits per heavy atom. The lowest BCUT2D eigenvalue weighted by molar-refractivity contribution is -0.143. The highest BCUT2D eigenvalue weighted by Crippen LogP contribution is 2.44. The Morgan fingerprint density at radius 3 is 2.30 bits per heavy atom. The molecule has 4 unspecified atom stereocenters. The van der Waals surface area contributed by atoms with E-state index >= 15 is 0 Å². The Kier molecular flexibility index (Phi) is 9.28. The Labute approximate surface area is 273 Å². The number of nitrogens with zero attached hydrogens (tertiary/aromatic N) is 2. The summed E-state index contributed by atoms with van der Waals surface area (Å²) in [6.07, 6.45) is -4.42. The van der Waals surface area contributed by atoms with Gasteiger partial charge in [-0.25, -0.2) is 0 Å². The van der Waals surface area contributed by atoms with Gasteiger partial charge in [0.1, 0.15) is 0 Å². The van der Waals surface area contributed by atoms with Crippen LogP contribution in [0, 0.1) is 11.8 Å². The van der Waals surface area contributed by atoms with Crippen LogP contribution in [0.3, 0.4) is 0 Å². The second-order valence-electron chi connectivity index (χ2n) is 12.0. The summed E-state index contributed by atoms with van der Waals surface area (Å²) in [5, 5.41) is 6.01. The SMILES string of the molecule is C=CC1CN2CCC1CC2[C@H](OCc1ccccc1)c1ccnc2ccc(NC(=S)Nc3cc(C(F)(F)F)cc(C(F)(F)F)c3)cc12. The third-order valence-electron chi connectivity index (χ3n) is 8.96. The molecular formula is C35H32F6N4OS. The van der Waals surface area contributed by atoms with Crippen molar-refractivity contribution in [2.24, 2.45) is 11.8 Å². The molecule has 5 atom stereocenters. The number of fused-ring (bicyclic) bond motifs is 4. The van der Waals surface area contributed by atoms with E-state index in [1.54, 1.807) is 18.3 Å². The van der Waals surface area contributed by atoms with Crippen molar-refractivity contribution in [1.82, 2.24) is 9.88 Å². The summed E-state index contributed by atoms with van der Waals surface area (Å²) in [6.45, 7) is 6.32. The second-order valence-corrected chi connectivity index (χ2v) is 12.4. The first kappa shape index (κ1) is 32.9. The molecular weight excluding hydrogens is 638 g/mol. The molecule has 12 heteroatoms. The van der Waals surface area contributed by atoms with E-state index in [2.05, 4.69) is 27.1 Å². The fourth-order valence-corrected chi connectivity index (χ4v) is 6.91. The first-order valence-electron chi connectivity index (χ1n) is 15.2. The number of hydrogen-bond acceptors (Lipinski definition) is 4. The summed E-state index contributed by atoms with van der Waals surface area (Å²) in [5.74, 6) is 0.935. The number of ether oxygens (including phenoxy) is 1. The van der Waals surface area contributed by atoms with Crippen molar-refractivity contribution in [2.45, 2.75) is 43.9 Å². The molecule has 3 aromatic carbocycles. The van der Waals surface area contributed by atoms with Crippen molar-refractivity contribution in [2.75, 3.05) is 23.7 Å². The van der Waals surface area contributed by atoms with Crippen LogP contribution in [-0.2, 0) is 23.7 Å². The highest BCUT2D eigenvalue weighted by Gasteiger charge is 2.43. The minimum Gasteiger partial charge on any atom is -0.367 e. The van der Waals surface area contributed by atoms with Gasteiger partial charge in [0, 0.05) is 35.5 Å². The Morgan fingerprint density at radius 1 is 0.957 bits per heavy atom. The fourth-order valence-electron chi connectivity index (χ4n) is 6.67. The highest BCUT2D eigenvalue weighted by molar-refractivity contribution is 7.80. The van der Waals surface area contributed by atoms with Crippen molar-refractivity contribution >= 4 is 39.6 Å². The normalized spacial score (nSPS) is 21.7. The Bertz CT molecular complexity index is 1730. The molecule has 4 aromatic rings. The molecule has 0 radical (unpaired) electrons. The zero-order chi connectivity index (χ0) is 33.3. The average Bonchev–Trinajstić information content (AvgIpc) is 3.04. The minimum atomic E-state index is -4.98. The number of piperidine rings is 3. The predicted molar refractivity (Wildman–Crippen MR) is 174 cm³/mol. The van der Waals surface area contributed by atoms with Gasteiger partial charge >= 0.3 is 12.4 Å². The Balaban J connectivity index is 1.29. The molecule has 4 heterocycles. The molecule has 0 aliphatic carbocycles. The molecule has 0 saturated carbocycles. The number of rotatable bonds is 8. The molecule has 3 fully saturated rings. The number of anilines is 2. The summed E-state index contributed by atoms with van der Waals surface area (Å²) >= 11 is 5.32. The van der Waals surface area contributed by atoms with E-state index in [0.717, 1.165) is 42.4 Å². The van der Waals surface area contributed by atoms with Gasteiger partial charge in [0.05, 0.1) is 29.4 Å². The monoisotopic (exact) mass is 670 g/mol. The molecule has 2 bridgehead atoms. The molecule has 2 N–H and O–H groups in total. The van der Waals surface area contributed by atoms with Gasteiger partial charge in [0.25, 0.3) is 0 Å². The van der Waals surface area contributed by atoms with Crippen LogP contribution in [0.1, 0.15) is 41.2 Å². The van der Waals surface area contributed by atoms with E-state index in [0.29, 0.717) is 41.8 Å². The van der Waals surface area contributed by atoms with Gasteiger partial charge in [-0.1, -0.05) is 36.4 Å². The van der Waals surface area contributed by atoms with Crippen LogP contribution in [0.25, 0.3) is 10.9 Å². The predicted octanol–water partition coefficient (Wildman–Crippen LogP) is 9.24. The second kappa shape index (κ2) is 13.2. The largest absolute Gasteiger partial charge is 0.416 e. The summed E-state index contributed by atoms with van der Waals surface area (Å²) in [4.78, 5) is 7.01. The number of halogens is 6. The first-order valence-corrected chi connectivity index (χ1v) is 15.6. The molecule has 5 nitrogen and oxygen atoms in total. The minimum absolute atomic E-state index is 0.0715. The van der Waals surface area contributed by atoms with Gasteiger partial charge in [0.2, 0.25) is 0 Å². The number of nitrogens with one attached hydrogen (secondary N) is 2. The van der Waals surface area contributed by atoms with Crippen LogP contribution in [0.4, 0.5) is 37.7 Å². The number of benzene rings is 3. The van der Waals surface area contributed by atoms with E-state index in [-0.39, 0.29) is 23.3 Å². The molecule has 7 rings (SSSR count). The molecule has 3 aliphatic heterocycles. The molecule has 0 amide bonds. The van der Waals surface area contributed by atoms with Gasteiger partial charge in [0.15, 0.2) is 5.11 Å². The van der Waals surface area contributed by atoms with E-state index < -0.39 is 29.2 Å². The van der Waals surface area contributed by atoms with Crippen molar-refractivity contribution in [3.63, 3.8) is 0 Å². The lowest BCUT2D eigenvalue weighted by Crippen LogP contribution is -2.55. The average molecular weight is 671 g/mol. The zero-order valence-electron chi connectivity index (χ0n) is 25.1. The molecule has 3 saturated heterocycles. The van der Waals surface area contributed by atoms with Crippen LogP contribution in [0.5, 0.6) is 0 Å². The number of thiocarbonyl (C=S) groups is 1. The maximum Gasteiger partial charge on any atom is 0.416 e. The quantitative estimate of drug-likeness (QED) is 0.111. The van der Waals surface area contributed by atoms with Gasteiger partial charge in [-0.3, -0.25) is 9.88 Å². The number of alkyl halides is 6. The van der Waals surface area contributed by atoms with Gasteiger partial charge in [-0.05, 0) is 97.0 Å². The van der Waals surface area contributed by atoms with Crippen molar-refractivity contribution in [1.29, 1.82) is 0 Å². The van der Waals surface area contributed by atoms with Crippen LogP contribution in [0.2, 0.25) is 0 Å². The number of pyridine rings is 1. The molecule has 47 heavy (non-hydrogen) atoms. The molecule has 246 valence electrons. The topological polar surface area (TPSA) is 49.4 Å². The highest BCUT2D eigenvalue weighted by atomic mass is 32.1. The maximum atomic E-state index is 13.4. The standard InChI is InChI=1S/C35H32F6N4OS/c1-2-22-19-45-13-11-23(22)14-31(45)32(46-20-21-6-4-3-5-7-21)28-10-12-42-30-9-8-26(18-29(28)30)43-33(47)44-27-16-24(34(36,37)38)15-25(17-27)35(39,40)41/h2-10,12,15-18,22-23,31-32H,1,11,13-14,19-20H2,(H2,43,44,47)/t22?,23?,31?,32-/m1/s1. The van der Waals surface area contributed by atoms with E-state index in [1.165, 1.54) is 0 Å². The first-order chi connectivity index (χ1) is 22.4. The third-order valence-corrected chi connectivity index (χ3v) is 9.17. The molecule has 1 aromatic heterocycles.